The van der Waals surface area contributed by atoms with Gasteiger partial charge in [-0.1, -0.05) is 30.1 Å². The number of hydrogen-bond acceptors (Lipinski definition) is 5. The van der Waals surface area contributed by atoms with Crippen molar-refractivity contribution in [1.29, 1.82) is 0 Å². The zero-order chi connectivity index (χ0) is 18.8. The molecule has 3 aromatic rings. The number of anilines is 1. The minimum atomic E-state index is 0.406. The summed E-state index contributed by atoms with van der Waals surface area (Å²) in [6, 6.07) is 8.23. The molecule has 1 N–H and O–H groups in total. The van der Waals surface area contributed by atoms with Gasteiger partial charge in [0.2, 0.25) is 0 Å². The molecule has 1 aliphatic rings. The van der Waals surface area contributed by atoms with Crippen molar-refractivity contribution in [2.75, 3.05) is 18.4 Å². The van der Waals surface area contributed by atoms with E-state index in [2.05, 4.69) is 38.3 Å². The van der Waals surface area contributed by atoms with E-state index in [-0.39, 0.29) is 0 Å². The van der Waals surface area contributed by atoms with Crippen LogP contribution in [0.1, 0.15) is 31.0 Å². The summed E-state index contributed by atoms with van der Waals surface area (Å²) in [6.07, 6.45) is 4.55. The summed E-state index contributed by atoms with van der Waals surface area (Å²) in [5.41, 5.74) is 2.18. The number of halogens is 2. The summed E-state index contributed by atoms with van der Waals surface area (Å²) < 4.78 is 1.78. The third-order valence-electron chi connectivity index (χ3n) is 4.94. The quantitative estimate of drug-likeness (QED) is 0.694. The van der Waals surface area contributed by atoms with Crippen molar-refractivity contribution in [1.82, 2.24) is 24.5 Å². The standard InChI is InChI=1S/C19H22Cl2N6/c1-2-16-10-18(27-19(25-16)22-12-23-27)24-17-3-5-26(6-4-17)11-13-7-14(20)9-15(21)8-13/h7-10,12,17,24H,2-6,11H2,1H3. The van der Waals surface area contributed by atoms with Crippen LogP contribution in [0.25, 0.3) is 5.78 Å². The molecule has 8 heteroatoms. The molecule has 1 aromatic carbocycles. The van der Waals surface area contributed by atoms with E-state index in [1.807, 2.05) is 12.1 Å². The normalized spacial score (nSPS) is 16.1. The van der Waals surface area contributed by atoms with E-state index in [9.17, 15) is 0 Å². The summed E-state index contributed by atoms with van der Waals surface area (Å²) in [6.45, 7) is 5.01. The summed E-state index contributed by atoms with van der Waals surface area (Å²) in [7, 11) is 0. The third kappa shape index (κ3) is 4.34. The number of benzene rings is 1. The highest BCUT2D eigenvalue weighted by Crippen LogP contribution is 2.23. The van der Waals surface area contributed by atoms with Gasteiger partial charge in [0, 0.05) is 47.5 Å². The molecule has 0 spiro atoms. The van der Waals surface area contributed by atoms with Crippen LogP contribution in [0.2, 0.25) is 10.0 Å². The Bertz CT molecular complexity index is 913. The fourth-order valence-corrected chi connectivity index (χ4v) is 4.12. The minimum Gasteiger partial charge on any atom is -0.367 e. The Morgan fingerprint density at radius 2 is 1.85 bits per heavy atom. The van der Waals surface area contributed by atoms with Gasteiger partial charge in [0.1, 0.15) is 12.1 Å². The number of nitrogens with zero attached hydrogens (tertiary/aromatic N) is 5. The summed E-state index contributed by atoms with van der Waals surface area (Å²) >= 11 is 12.2. The Labute approximate surface area is 168 Å². The van der Waals surface area contributed by atoms with Crippen LogP contribution in [0.5, 0.6) is 0 Å². The molecule has 1 fully saturated rings. The van der Waals surface area contributed by atoms with Crippen molar-refractivity contribution in [2.45, 2.75) is 38.8 Å². The number of piperidine rings is 1. The van der Waals surface area contributed by atoms with Crippen LogP contribution in [-0.2, 0) is 13.0 Å². The van der Waals surface area contributed by atoms with Crippen molar-refractivity contribution in [3.8, 4) is 0 Å². The van der Waals surface area contributed by atoms with Gasteiger partial charge in [0.25, 0.3) is 5.78 Å². The lowest BCUT2D eigenvalue weighted by molar-refractivity contribution is 0.211. The predicted molar refractivity (Wildman–Crippen MR) is 109 cm³/mol. The lowest BCUT2D eigenvalue weighted by atomic mass is 10.0. The molecule has 0 aliphatic carbocycles. The minimum absolute atomic E-state index is 0.406. The highest BCUT2D eigenvalue weighted by Gasteiger charge is 2.20. The van der Waals surface area contributed by atoms with Crippen molar-refractivity contribution >= 4 is 34.8 Å². The molecule has 1 aliphatic heterocycles. The topological polar surface area (TPSA) is 58.4 Å². The monoisotopic (exact) mass is 404 g/mol. The summed E-state index contributed by atoms with van der Waals surface area (Å²) in [5.74, 6) is 1.61. The molecule has 0 bridgehead atoms. The molecule has 2 aromatic heterocycles. The SMILES string of the molecule is CCc1cc(NC2CCN(Cc3cc(Cl)cc(Cl)c3)CC2)n2ncnc2n1. The molecule has 6 nitrogen and oxygen atoms in total. The smallest absolute Gasteiger partial charge is 0.254 e. The third-order valence-corrected chi connectivity index (χ3v) is 5.37. The second-order valence-electron chi connectivity index (χ2n) is 6.93. The average molecular weight is 405 g/mol. The number of likely N-dealkylation sites (tertiary alicyclic amines) is 1. The van der Waals surface area contributed by atoms with Crippen LogP contribution >= 0.6 is 23.2 Å². The number of fused-ring (bicyclic) bond motifs is 1. The van der Waals surface area contributed by atoms with Crippen molar-refractivity contribution in [3.63, 3.8) is 0 Å². The van der Waals surface area contributed by atoms with Gasteiger partial charge < -0.3 is 5.32 Å². The molecule has 0 radical (unpaired) electrons. The maximum atomic E-state index is 6.11. The van der Waals surface area contributed by atoms with Gasteiger partial charge in [0.05, 0.1) is 0 Å². The maximum Gasteiger partial charge on any atom is 0.254 e. The lowest BCUT2D eigenvalue weighted by Crippen LogP contribution is -2.39. The van der Waals surface area contributed by atoms with Crippen LogP contribution < -0.4 is 5.32 Å². The summed E-state index contributed by atoms with van der Waals surface area (Å²) in [5, 5.41) is 9.31. The number of hydrogen-bond donors (Lipinski definition) is 1. The Morgan fingerprint density at radius 3 is 2.56 bits per heavy atom. The molecule has 0 amide bonds. The first-order valence-corrected chi connectivity index (χ1v) is 10.00. The number of aromatic nitrogens is 4. The average Bonchev–Trinajstić information content (AvgIpc) is 3.11. The second-order valence-corrected chi connectivity index (χ2v) is 7.80. The molecule has 1 saturated heterocycles. The first-order chi connectivity index (χ1) is 13.1. The highest BCUT2D eigenvalue weighted by molar-refractivity contribution is 6.34. The summed E-state index contributed by atoms with van der Waals surface area (Å²) in [4.78, 5) is 11.2. The zero-order valence-electron chi connectivity index (χ0n) is 15.2. The van der Waals surface area contributed by atoms with Crippen LogP contribution in [0, 0.1) is 0 Å². The van der Waals surface area contributed by atoms with Crippen LogP contribution in [0.3, 0.4) is 0 Å². The van der Waals surface area contributed by atoms with E-state index < -0.39 is 0 Å². The fourth-order valence-electron chi connectivity index (χ4n) is 3.55. The Morgan fingerprint density at radius 1 is 1.11 bits per heavy atom. The van der Waals surface area contributed by atoms with Crippen LogP contribution in [-0.4, -0.2) is 43.6 Å². The molecule has 0 saturated carbocycles. The van der Waals surface area contributed by atoms with Gasteiger partial charge in [-0.25, -0.2) is 4.98 Å². The van der Waals surface area contributed by atoms with Gasteiger partial charge in [-0.05, 0) is 43.0 Å². The van der Waals surface area contributed by atoms with Gasteiger partial charge in [-0.2, -0.15) is 14.6 Å². The molecule has 4 rings (SSSR count). The molecule has 0 atom stereocenters. The zero-order valence-corrected chi connectivity index (χ0v) is 16.7. The van der Waals surface area contributed by atoms with E-state index in [0.29, 0.717) is 21.9 Å². The van der Waals surface area contributed by atoms with Crippen LogP contribution in [0.15, 0.2) is 30.6 Å². The molecule has 0 unspecified atom stereocenters. The van der Waals surface area contributed by atoms with Crippen molar-refractivity contribution in [2.24, 2.45) is 0 Å². The van der Waals surface area contributed by atoms with Gasteiger partial charge in [0.15, 0.2) is 0 Å². The van der Waals surface area contributed by atoms with Gasteiger partial charge >= 0.3 is 0 Å². The molecule has 3 heterocycles. The number of rotatable bonds is 5. The van der Waals surface area contributed by atoms with Crippen molar-refractivity contribution in [3.05, 3.63) is 51.9 Å². The van der Waals surface area contributed by atoms with E-state index in [0.717, 1.165) is 56.0 Å². The van der Waals surface area contributed by atoms with E-state index in [4.69, 9.17) is 23.2 Å². The van der Waals surface area contributed by atoms with E-state index >= 15 is 0 Å². The predicted octanol–water partition coefficient (Wildman–Crippen LogP) is 4.07. The Balaban J connectivity index is 1.39. The highest BCUT2D eigenvalue weighted by atomic mass is 35.5. The Kier molecular flexibility index (Phi) is 5.48. The first-order valence-electron chi connectivity index (χ1n) is 9.24. The molecular formula is C19H22Cl2N6. The molecule has 27 heavy (non-hydrogen) atoms. The van der Waals surface area contributed by atoms with Gasteiger partial charge in [-0.3, -0.25) is 4.90 Å². The number of nitrogens with one attached hydrogen (secondary N) is 1. The van der Waals surface area contributed by atoms with E-state index in [1.165, 1.54) is 0 Å². The lowest BCUT2D eigenvalue weighted by Gasteiger charge is -2.33. The van der Waals surface area contributed by atoms with Crippen LogP contribution in [0.4, 0.5) is 5.82 Å². The second kappa shape index (κ2) is 8.00. The van der Waals surface area contributed by atoms with Gasteiger partial charge in [-0.15, -0.1) is 0 Å². The van der Waals surface area contributed by atoms with E-state index in [1.54, 1.807) is 16.9 Å². The molecule has 142 valence electrons. The molecular weight excluding hydrogens is 383 g/mol. The number of aryl methyl sites for hydroxylation is 1. The fraction of sp³-hybridized carbons (Fsp3) is 0.421. The Hall–Kier alpha value is -1.89. The maximum absolute atomic E-state index is 6.11. The first kappa shape index (κ1) is 18.5. The largest absolute Gasteiger partial charge is 0.367 e. The van der Waals surface area contributed by atoms with Crippen molar-refractivity contribution < 1.29 is 0 Å².